The van der Waals surface area contributed by atoms with Crippen LogP contribution in [0.5, 0.6) is 0 Å². The van der Waals surface area contributed by atoms with E-state index in [9.17, 15) is 4.39 Å². The fourth-order valence-corrected chi connectivity index (χ4v) is 4.03. The predicted molar refractivity (Wildman–Crippen MR) is 123 cm³/mol. The Hall–Kier alpha value is -2.84. The van der Waals surface area contributed by atoms with Crippen molar-refractivity contribution in [3.8, 4) is 11.1 Å². The number of H-pyrrole nitrogens is 1. The number of morpholine rings is 1. The van der Waals surface area contributed by atoms with Crippen LogP contribution in [0.3, 0.4) is 0 Å². The van der Waals surface area contributed by atoms with Crippen LogP contribution in [0.2, 0.25) is 0 Å². The van der Waals surface area contributed by atoms with Crippen LogP contribution in [0.1, 0.15) is 43.8 Å². The van der Waals surface area contributed by atoms with Crippen molar-refractivity contribution in [2.24, 2.45) is 0 Å². The normalized spacial score (nSPS) is 17.5. The van der Waals surface area contributed by atoms with Crippen LogP contribution in [-0.4, -0.2) is 58.9 Å². The molecule has 7 nitrogen and oxygen atoms in total. The molecule has 0 unspecified atom stereocenters. The molecule has 1 fully saturated rings. The minimum absolute atomic E-state index is 0.000537. The molecule has 170 valence electrons. The summed E-state index contributed by atoms with van der Waals surface area (Å²) in [6.07, 6.45) is 3.51. The van der Waals surface area contributed by atoms with Crippen molar-refractivity contribution >= 4 is 5.95 Å². The molecule has 3 heterocycles. The zero-order valence-electron chi connectivity index (χ0n) is 19.4. The Morgan fingerprint density at radius 1 is 1.19 bits per heavy atom. The van der Waals surface area contributed by atoms with E-state index in [1.54, 1.807) is 18.3 Å². The van der Waals surface area contributed by atoms with Gasteiger partial charge in [0.2, 0.25) is 5.95 Å². The number of aromatic nitrogens is 4. The molecule has 8 heteroatoms. The quantitative estimate of drug-likeness (QED) is 0.651. The lowest BCUT2D eigenvalue weighted by Crippen LogP contribution is -2.38. The van der Waals surface area contributed by atoms with Crippen LogP contribution in [-0.2, 0) is 16.7 Å². The molecule has 1 N–H and O–H groups in total. The Labute approximate surface area is 188 Å². The first-order valence-electron chi connectivity index (χ1n) is 10.9. The van der Waals surface area contributed by atoms with Crippen molar-refractivity contribution in [2.75, 3.05) is 38.7 Å². The largest absolute Gasteiger partial charge is 0.369 e. The fraction of sp³-hybridized carbons (Fsp3) is 0.458. The SMILES string of the molecule is CN(C)c1ncc(-c2ccc(F)cc2)c([C@@H]2CN(Cc3cn[nH]c3C(C)(C)C)CCO2)n1. The summed E-state index contributed by atoms with van der Waals surface area (Å²) in [6.45, 7) is 9.49. The molecular formula is C24H31FN6O. The van der Waals surface area contributed by atoms with Crippen LogP contribution in [0, 0.1) is 5.82 Å². The molecule has 4 rings (SSSR count). The van der Waals surface area contributed by atoms with E-state index in [-0.39, 0.29) is 17.3 Å². The molecule has 3 aromatic rings. The summed E-state index contributed by atoms with van der Waals surface area (Å²) >= 11 is 0. The molecule has 0 aliphatic carbocycles. The first-order valence-corrected chi connectivity index (χ1v) is 10.9. The van der Waals surface area contributed by atoms with E-state index in [4.69, 9.17) is 9.72 Å². The number of ether oxygens (including phenoxy) is 1. The van der Waals surface area contributed by atoms with Gasteiger partial charge in [0.05, 0.1) is 18.5 Å². The lowest BCUT2D eigenvalue weighted by Gasteiger charge is -2.34. The van der Waals surface area contributed by atoms with Gasteiger partial charge in [-0.25, -0.2) is 14.4 Å². The van der Waals surface area contributed by atoms with E-state index < -0.39 is 0 Å². The highest BCUT2D eigenvalue weighted by molar-refractivity contribution is 5.66. The number of anilines is 1. The number of aromatic amines is 1. The summed E-state index contributed by atoms with van der Waals surface area (Å²) in [5.41, 5.74) is 4.92. The molecule has 1 aliphatic heterocycles. The van der Waals surface area contributed by atoms with Gasteiger partial charge in [0.25, 0.3) is 0 Å². The molecule has 1 atom stereocenters. The van der Waals surface area contributed by atoms with Gasteiger partial charge < -0.3 is 9.64 Å². The Bertz CT molecular complexity index is 1060. The monoisotopic (exact) mass is 438 g/mol. The molecule has 0 bridgehead atoms. The van der Waals surface area contributed by atoms with Gasteiger partial charge in [0.15, 0.2) is 0 Å². The Morgan fingerprint density at radius 2 is 1.94 bits per heavy atom. The smallest absolute Gasteiger partial charge is 0.225 e. The maximum Gasteiger partial charge on any atom is 0.225 e. The maximum atomic E-state index is 13.5. The number of halogens is 1. The molecular weight excluding hydrogens is 407 g/mol. The van der Waals surface area contributed by atoms with E-state index in [0.717, 1.165) is 35.6 Å². The Morgan fingerprint density at radius 3 is 2.62 bits per heavy atom. The van der Waals surface area contributed by atoms with Gasteiger partial charge >= 0.3 is 0 Å². The summed E-state index contributed by atoms with van der Waals surface area (Å²) in [6, 6.07) is 6.43. The van der Waals surface area contributed by atoms with Crippen molar-refractivity contribution in [2.45, 2.75) is 38.8 Å². The van der Waals surface area contributed by atoms with Crippen molar-refractivity contribution in [3.05, 3.63) is 59.4 Å². The number of hydrogen-bond acceptors (Lipinski definition) is 6. The minimum atomic E-state index is -0.268. The van der Waals surface area contributed by atoms with Gasteiger partial charge in [-0.3, -0.25) is 10.00 Å². The Balaban J connectivity index is 1.63. The molecule has 1 saturated heterocycles. The maximum absolute atomic E-state index is 13.5. The predicted octanol–water partition coefficient (Wildman–Crippen LogP) is 3.94. The third-order valence-corrected chi connectivity index (χ3v) is 5.68. The first kappa shape index (κ1) is 22.4. The van der Waals surface area contributed by atoms with Crippen molar-refractivity contribution in [3.63, 3.8) is 0 Å². The van der Waals surface area contributed by atoms with Crippen LogP contribution >= 0.6 is 0 Å². The van der Waals surface area contributed by atoms with E-state index >= 15 is 0 Å². The molecule has 0 saturated carbocycles. The first-order chi connectivity index (χ1) is 15.2. The highest BCUT2D eigenvalue weighted by atomic mass is 19.1. The summed E-state index contributed by atoms with van der Waals surface area (Å²) < 4.78 is 19.7. The lowest BCUT2D eigenvalue weighted by atomic mass is 9.89. The highest BCUT2D eigenvalue weighted by Gasteiger charge is 2.28. The number of nitrogens with one attached hydrogen (secondary N) is 1. The minimum Gasteiger partial charge on any atom is -0.369 e. The van der Waals surface area contributed by atoms with Crippen LogP contribution in [0.25, 0.3) is 11.1 Å². The lowest BCUT2D eigenvalue weighted by molar-refractivity contribution is -0.0348. The van der Waals surface area contributed by atoms with E-state index in [1.807, 2.05) is 25.2 Å². The average molecular weight is 439 g/mol. The molecule has 0 spiro atoms. The van der Waals surface area contributed by atoms with Gasteiger partial charge in [-0.2, -0.15) is 5.10 Å². The molecule has 0 amide bonds. The average Bonchev–Trinajstić information content (AvgIpc) is 3.23. The third-order valence-electron chi connectivity index (χ3n) is 5.68. The van der Waals surface area contributed by atoms with Crippen LogP contribution in [0.4, 0.5) is 10.3 Å². The van der Waals surface area contributed by atoms with Gasteiger partial charge in [0.1, 0.15) is 11.9 Å². The van der Waals surface area contributed by atoms with Crippen molar-refractivity contribution in [1.29, 1.82) is 0 Å². The molecule has 1 aromatic carbocycles. The second-order valence-electron chi connectivity index (χ2n) is 9.49. The topological polar surface area (TPSA) is 70.2 Å². The molecule has 0 radical (unpaired) electrons. The third kappa shape index (κ3) is 4.81. The van der Waals surface area contributed by atoms with Gasteiger partial charge in [-0.1, -0.05) is 32.9 Å². The van der Waals surface area contributed by atoms with E-state index in [1.165, 1.54) is 17.7 Å². The standard InChI is InChI=1S/C24H31FN6O/c1-24(2,3)22-17(12-27-29-22)14-31-10-11-32-20(15-31)21-19(13-26-23(28-21)30(4)5)16-6-8-18(25)9-7-16/h6-9,12-13,20H,10-11,14-15H2,1-5H3,(H,27,29)/t20-/m0/s1. The van der Waals surface area contributed by atoms with Gasteiger partial charge in [0, 0.05) is 62.2 Å². The van der Waals surface area contributed by atoms with Crippen LogP contribution < -0.4 is 4.90 Å². The van der Waals surface area contributed by atoms with Crippen molar-refractivity contribution in [1.82, 2.24) is 25.1 Å². The molecule has 1 aliphatic rings. The van der Waals surface area contributed by atoms with Crippen molar-refractivity contribution < 1.29 is 9.13 Å². The summed E-state index contributed by atoms with van der Waals surface area (Å²) in [5.74, 6) is 0.354. The zero-order chi connectivity index (χ0) is 22.9. The summed E-state index contributed by atoms with van der Waals surface area (Å²) in [7, 11) is 3.83. The molecule has 32 heavy (non-hydrogen) atoms. The molecule has 2 aromatic heterocycles. The number of nitrogens with zero attached hydrogens (tertiary/aromatic N) is 5. The fourth-order valence-electron chi connectivity index (χ4n) is 4.03. The number of hydrogen-bond donors (Lipinski definition) is 1. The summed E-state index contributed by atoms with van der Waals surface area (Å²) in [5, 5.41) is 7.45. The second kappa shape index (κ2) is 8.96. The van der Waals surface area contributed by atoms with Crippen LogP contribution in [0.15, 0.2) is 36.7 Å². The zero-order valence-corrected chi connectivity index (χ0v) is 19.4. The van der Waals surface area contributed by atoms with Gasteiger partial charge in [-0.05, 0) is 17.7 Å². The summed E-state index contributed by atoms with van der Waals surface area (Å²) in [4.78, 5) is 13.6. The number of benzene rings is 1. The second-order valence-corrected chi connectivity index (χ2v) is 9.49. The van der Waals surface area contributed by atoms with Gasteiger partial charge in [-0.15, -0.1) is 0 Å². The van der Waals surface area contributed by atoms with E-state index in [2.05, 4.69) is 40.9 Å². The Kier molecular flexibility index (Phi) is 6.26. The highest BCUT2D eigenvalue weighted by Crippen LogP contribution is 2.32. The van der Waals surface area contributed by atoms with E-state index in [0.29, 0.717) is 19.1 Å². The number of rotatable bonds is 5.